The number of benzene rings is 1. The number of nitrogens with one attached hydrogen (secondary N) is 1. The van der Waals surface area contributed by atoms with Crippen LogP contribution in [0.3, 0.4) is 0 Å². The predicted octanol–water partition coefficient (Wildman–Crippen LogP) is 1.90. The molecule has 136 valence electrons. The molecule has 8 nitrogen and oxygen atoms in total. The first-order valence-electron chi connectivity index (χ1n) is 8.45. The Labute approximate surface area is 154 Å². The topological polar surface area (TPSA) is 97.2 Å². The minimum atomic E-state index is -0.955. The number of pyridine rings is 1. The minimum absolute atomic E-state index is 0.316. The second kappa shape index (κ2) is 6.01. The van der Waals surface area contributed by atoms with Gasteiger partial charge >= 0.3 is 0 Å². The zero-order valence-electron chi connectivity index (χ0n) is 15.1. The van der Waals surface area contributed by atoms with Crippen LogP contribution in [0.15, 0.2) is 36.5 Å². The van der Waals surface area contributed by atoms with E-state index < -0.39 is 23.8 Å². The molecule has 8 heteroatoms. The molecule has 1 aliphatic rings. The minimum Gasteiger partial charge on any atom is -0.323 e. The number of imide groups is 1. The number of aromatic nitrogens is 3. The number of anilines is 1. The first-order valence-corrected chi connectivity index (χ1v) is 8.45. The Morgan fingerprint density at radius 2 is 1.78 bits per heavy atom. The molecule has 0 spiro atoms. The molecule has 1 atom stereocenters. The van der Waals surface area contributed by atoms with Crippen LogP contribution in [0.25, 0.3) is 11.0 Å². The van der Waals surface area contributed by atoms with E-state index in [4.69, 9.17) is 0 Å². The van der Waals surface area contributed by atoms with Gasteiger partial charge in [-0.2, -0.15) is 5.10 Å². The van der Waals surface area contributed by atoms with E-state index in [0.29, 0.717) is 22.5 Å². The van der Waals surface area contributed by atoms with Gasteiger partial charge in [0, 0.05) is 12.4 Å². The lowest BCUT2D eigenvalue weighted by Gasteiger charge is -2.21. The van der Waals surface area contributed by atoms with Crippen LogP contribution in [0.2, 0.25) is 0 Å². The molecule has 1 unspecified atom stereocenters. The lowest BCUT2D eigenvalue weighted by atomic mass is 10.1. The third-order valence-corrected chi connectivity index (χ3v) is 4.72. The molecule has 3 aromatic rings. The van der Waals surface area contributed by atoms with Crippen LogP contribution in [-0.4, -0.2) is 43.4 Å². The van der Waals surface area contributed by atoms with E-state index in [1.807, 2.05) is 6.92 Å². The standard InChI is InChI=1S/C19H17N5O3/c1-10-15-8-12(9-20-16(15)23(3)22-10)21-17(25)11(2)24-18(26)13-6-4-5-7-14(13)19(24)27/h4-9,11H,1-3H3,(H,21,25). The number of aryl methyl sites for hydroxylation is 2. The summed E-state index contributed by atoms with van der Waals surface area (Å²) in [5, 5.41) is 7.85. The van der Waals surface area contributed by atoms with Crippen molar-refractivity contribution in [2.24, 2.45) is 7.05 Å². The number of amides is 3. The summed E-state index contributed by atoms with van der Waals surface area (Å²) < 4.78 is 1.66. The van der Waals surface area contributed by atoms with Crippen molar-refractivity contribution in [3.8, 4) is 0 Å². The smallest absolute Gasteiger partial charge is 0.262 e. The maximum Gasteiger partial charge on any atom is 0.262 e. The lowest BCUT2D eigenvalue weighted by Crippen LogP contribution is -2.45. The van der Waals surface area contributed by atoms with Gasteiger partial charge < -0.3 is 5.32 Å². The van der Waals surface area contributed by atoms with Gasteiger partial charge in [0.25, 0.3) is 11.8 Å². The van der Waals surface area contributed by atoms with E-state index >= 15 is 0 Å². The van der Waals surface area contributed by atoms with Crippen LogP contribution in [0, 0.1) is 6.92 Å². The maximum atomic E-state index is 12.7. The number of carbonyl (C=O) groups excluding carboxylic acids is 3. The maximum absolute atomic E-state index is 12.7. The predicted molar refractivity (Wildman–Crippen MR) is 98.3 cm³/mol. The molecule has 0 aliphatic carbocycles. The fourth-order valence-corrected chi connectivity index (χ4v) is 3.30. The summed E-state index contributed by atoms with van der Waals surface area (Å²) in [6.45, 7) is 3.38. The van der Waals surface area contributed by atoms with Crippen LogP contribution in [0.5, 0.6) is 0 Å². The summed E-state index contributed by atoms with van der Waals surface area (Å²) in [7, 11) is 1.80. The average Bonchev–Trinajstić information content (AvgIpc) is 3.08. The van der Waals surface area contributed by atoms with E-state index in [2.05, 4.69) is 15.4 Å². The van der Waals surface area contributed by atoms with Crippen molar-refractivity contribution in [3.05, 3.63) is 53.3 Å². The SMILES string of the molecule is Cc1nn(C)c2ncc(NC(=O)C(C)N3C(=O)c4ccccc4C3=O)cc12. The Morgan fingerprint density at radius 1 is 1.15 bits per heavy atom. The van der Waals surface area contributed by atoms with E-state index in [1.54, 1.807) is 42.1 Å². The zero-order chi connectivity index (χ0) is 19.3. The molecule has 1 aliphatic heterocycles. The highest BCUT2D eigenvalue weighted by atomic mass is 16.2. The van der Waals surface area contributed by atoms with Gasteiger partial charge in [-0.05, 0) is 32.0 Å². The zero-order valence-corrected chi connectivity index (χ0v) is 15.1. The molecule has 0 bridgehead atoms. The van der Waals surface area contributed by atoms with Gasteiger partial charge in [-0.3, -0.25) is 24.0 Å². The van der Waals surface area contributed by atoms with Crippen molar-refractivity contribution in [2.75, 3.05) is 5.32 Å². The van der Waals surface area contributed by atoms with E-state index in [-0.39, 0.29) is 0 Å². The fourth-order valence-electron chi connectivity index (χ4n) is 3.30. The molecule has 0 radical (unpaired) electrons. The van der Waals surface area contributed by atoms with Gasteiger partial charge in [0.05, 0.1) is 28.7 Å². The van der Waals surface area contributed by atoms with Gasteiger partial charge in [0.15, 0.2) is 5.65 Å². The number of hydrogen-bond acceptors (Lipinski definition) is 5. The van der Waals surface area contributed by atoms with Crippen LogP contribution in [-0.2, 0) is 11.8 Å². The fraction of sp³-hybridized carbons (Fsp3) is 0.211. The first-order chi connectivity index (χ1) is 12.9. The quantitative estimate of drug-likeness (QED) is 0.717. The molecule has 3 amide bonds. The van der Waals surface area contributed by atoms with Crippen LogP contribution in [0.4, 0.5) is 5.69 Å². The molecule has 0 saturated heterocycles. The van der Waals surface area contributed by atoms with Gasteiger partial charge in [-0.15, -0.1) is 0 Å². The van der Waals surface area contributed by atoms with Crippen molar-refractivity contribution < 1.29 is 14.4 Å². The molecule has 1 aromatic carbocycles. The van der Waals surface area contributed by atoms with E-state index in [0.717, 1.165) is 16.0 Å². The van der Waals surface area contributed by atoms with Crippen molar-refractivity contribution in [3.63, 3.8) is 0 Å². The number of rotatable bonds is 3. The summed E-state index contributed by atoms with van der Waals surface area (Å²) in [4.78, 5) is 43.0. The third kappa shape index (κ3) is 2.57. The monoisotopic (exact) mass is 363 g/mol. The molecular formula is C19H17N5O3. The lowest BCUT2D eigenvalue weighted by molar-refractivity contribution is -0.119. The Kier molecular flexibility index (Phi) is 3.76. The van der Waals surface area contributed by atoms with Crippen LogP contribution in [0.1, 0.15) is 33.3 Å². The number of carbonyl (C=O) groups is 3. The van der Waals surface area contributed by atoms with Crippen molar-refractivity contribution >= 4 is 34.4 Å². The summed E-state index contributed by atoms with van der Waals surface area (Å²) in [6.07, 6.45) is 1.52. The van der Waals surface area contributed by atoms with Crippen molar-refractivity contribution in [1.29, 1.82) is 0 Å². The second-order valence-corrected chi connectivity index (χ2v) is 6.50. The second-order valence-electron chi connectivity index (χ2n) is 6.50. The highest BCUT2D eigenvalue weighted by molar-refractivity contribution is 6.23. The van der Waals surface area contributed by atoms with Crippen LogP contribution < -0.4 is 5.32 Å². The normalized spacial score (nSPS) is 14.6. The Bertz CT molecular complexity index is 1080. The number of fused-ring (bicyclic) bond motifs is 2. The molecule has 1 N–H and O–H groups in total. The van der Waals surface area contributed by atoms with Gasteiger partial charge in [-0.1, -0.05) is 12.1 Å². The van der Waals surface area contributed by atoms with Crippen molar-refractivity contribution in [1.82, 2.24) is 19.7 Å². The summed E-state index contributed by atoms with van der Waals surface area (Å²) in [5.41, 5.74) is 2.61. The highest BCUT2D eigenvalue weighted by Crippen LogP contribution is 2.25. The largest absolute Gasteiger partial charge is 0.323 e. The Hall–Kier alpha value is -3.55. The van der Waals surface area contributed by atoms with Gasteiger partial charge in [-0.25, -0.2) is 4.98 Å². The molecule has 4 rings (SSSR count). The molecule has 3 heterocycles. The van der Waals surface area contributed by atoms with Crippen LogP contribution >= 0.6 is 0 Å². The van der Waals surface area contributed by atoms with Crippen molar-refractivity contribution in [2.45, 2.75) is 19.9 Å². The summed E-state index contributed by atoms with van der Waals surface area (Å²) >= 11 is 0. The molecule has 0 saturated carbocycles. The van der Waals surface area contributed by atoms with E-state index in [9.17, 15) is 14.4 Å². The van der Waals surface area contributed by atoms with Gasteiger partial charge in [0.1, 0.15) is 6.04 Å². The van der Waals surface area contributed by atoms with E-state index in [1.165, 1.54) is 13.1 Å². The summed E-state index contributed by atoms with van der Waals surface area (Å²) in [5.74, 6) is -1.39. The Balaban J connectivity index is 1.58. The Morgan fingerprint density at radius 3 is 2.41 bits per heavy atom. The summed E-state index contributed by atoms with van der Waals surface area (Å²) in [6, 6.07) is 7.37. The molecule has 0 fully saturated rings. The van der Waals surface area contributed by atoms with Gasteiger partial charge in [0.2, 0.25) is 5.91 Å². The highest BCUT2D eigenvalue weighted by Gasteiger charge is 2.40. The average molecular weight is 363 g/mol. The number of nitrogens with zero attached hydrogens (tertiary/aromatic N) is 4. The molecular weight excluding hydrogens is 346 g/mol. The first kappa shape index (κ1) is 16.9. The third-order valence-electron chi connectivity index (χ3n) is 4.72. The molecule has 27 heavy (non-hydrogen) atoms. The molecule has 2 aromatic heterocycles. The number of hydrogen-bond donors (Lipinski definition) is 1.